The van der Waals surface area contributed by atoms with Gasteiger partial charge < -0.3 is 10.1 Å². The number of aromatic nitrogens is 4. The van der Waals surface area contributed by atoms with Gasteiger partial charge in [0.25, 0.3) is 0 Å². The molecule has 1 aromatic rings. The zero-order valence-electron chi connectivity index (χ0n) is 12.9. The van der Waals surface area contributed by atoms with Crippen molar-refractivity contribution < 1.29 is 4.74 Å². The van der Waals surface area contributed by atoms with Crippen molar-refractivity contribution in [3.8, 4) is 0 Å². The molecule has 1 atom stereocenters. The van der Waals surface area contributed by atoms with Crippen LogP contribution in [0.25, 0.3) is 0 Å². The van der Waals surface area contributed by atoms with E-state index >= 15 is 0 Å². The Hall–Kier alpha value is -1.01. The second kappa shape index (κ2) is 7.69. The van der Waals surface area contributed by atoms with Crippen molar-refractivity contribution in [2.24, 2.45) is 13.0 Å². The zero-order valence-corrected chi connectivity index (χ0v) is 12.9. The Morgan fingerprint density at radius 2 is 2.20 bits per heavy atom. The Bertz CT molecular complexity index is 389. The van der Waals surface area contributed by atoms with E-state index in [1.165, 1.54) is 24.1 Å². The smallest absolute Gasteiger partial charge is 0.176 e. The summed E-state index contributed by atoms with van der Waals surface area (Å²) in [4.78, 5) is 1.53. The van der Waals surface area contributed by atoms with Crippen molar-refractivity contribution in [2.75, 3.05) is 13.2 Å². The normalized spacial score (nSPS) is 23.6. The third kappa shape index (κ3) is 4.52. The fourth-order valence-corrected chi connectivity index (χ4v) is 2.85. The van der Waals surface area contributed by atoms with Gasteiger partial charge in [-0.05, 0) is 50.3 Å². The highest BCUT2D eigenvalue weighted by Gasteiger charge is 2.31. The minimum atomic E-state index is 0.451. The summed E-state index contributed by atoms with van der Waals surface area (Å²) >= 11 is 0. The number of hydrogen-bond acceptors (Lipinski definition) is 5. The summed E-state index contributed by atoms with van der Waals surface area (Å²) < 4.78 is 5.63. The highest BCUT2D eigenvalue weighted by atomic mass is 16.5. The SMILES string of the molecule is CCCNC(Cc1nnn(C)n1)CC1CC(OCC)C1. The molecule has 0 saturated heterocycles. The first kappa shape index (κ1) is 15.4. The molecule has 0 aliphatic heterocycles. The Labute approximate surface area is 121 Å². The molecular weight excluding hydrogens is 254 g/mol. The van der Waals surface area contributed by atoms with Crippen molar-refractivity contribution in [3.05, 3.63) is 5.82 Å². The molecule has 1 aliphatic carbocycles. The number of nitrogens with zero attached hydrogens (tertiary/aromatic N) is 4. The zero-order chi connectivity index (χ0) is 14.4. The van der Waals surface area contributed by atoms with Crippen molar-refractivity contribution >= 4 is 0 Å². The monoisotopic (exact) mass is 281 g/mol. The number of ether oxygens (including phenoxy) is 1. The quantitative estimate of drug-likeness (QED) is 0.739. The highest BCUT2D eigenvalue weighted by molar-refractivity contribution is 4.89. The molecule has 0 bridgehead atoms. The van der Waals surface area contributed by atoms with Crippen LogP contribution in [-0.4, -0.2) is 45.5 Å². The first-order valence-electron chi connectivity index (χ1n) is 7.79. The maximum absolute atomic E-state index is 5.63. The molecule has 0 aromatic carbocycles. The van der Waals surface area contributed by atoms with E-state index in [1.54, 1.807) is 0 Å². The number of hydrogen-bond donors (Lipinski definition) is 1. The maximum Gasteiger partial charge on any atom is 0.176 e. The van der Waals surface area contributed by atoms with Gasteiger partial charge in [0.05, 0.1) is 13.2 Å². The summed E-state index contributed by atoms with van der Waals surface area (Å²) in [7, 11) is 1.81. The van der Waals surface area contributed by atoms with E-state index in [1.807, 2.05) is 7.05 Å². The first-order chi connectivity index (χ1) is 9.71. The predicted octanol–water partition coefficient (Wildman–Crippen LogP) is 1.33. The molecule has 20 heavy (non-hydrogen) atoms. The molecule has 6 heteroatoms. The van der Waals surface area contributed by atoms with E-state index in [-0.39, 0.29) is 0 Å². The third-order valence-electron chi connectivity index (χ3n) is 3.87. The molecule has 1 aliphatic rings. The van der Waals surface area contributed by atoms with E-state index in [4.69, 9.17) is 4.74 Å². The molecule has 1 N–H and O–H groups in total. The van der Waals surface area contributed by atoms with Crippen LogP contribution in [0.3, 0.4) is 0 Å². The first-order valence-corrected chi connectivity index (χ1v) is 7.79. The van der Waals surface area contributed by atoms with Crippen molar-refractivity contribution in [3.63, 3.8) is 0 Å². The van der Waals surface area contributed by atoms with E-state index in [0.29, 0.717) is 12.1 Å². The summed E-state index contributed by atoms with van der Waals surface area (Å²) in [6, 6.07) is 0.451. The molecule has 2 rings (SSSR count). The van der Waals surface area contributed by atoms with Gasteiger partial charge in [0.1, 0.15) is 0 Å². The Morgan fingerprint density at radius 3 is 2.80 bits per heavy atom. The Morgan fingerprint density at radius 1 is 1.40 bits per heavy atom. The van der Waals surface area contributed by atoms with Gasteiger partial charge in [-0.25, -0.2) is 0 Å². The minimum Gasteiger partial charge on any atom is -0.378 e. The van der Waals surface area contributed by atoms with Crippen LogP contribution < -0.4 is 5.32 Å². The van der Waals surface area contributed by atoms with E-state index < -0.39 is 0 Å². The molecule has 114 valence electrons. The number of rotatable bonds is 9. The van der Waals surface area contributed by atoms with Crippen LogP contribution in [-0.2, 0) is 18.2 Å². The lowest BCUT2D eigenvalue weighted by Gasteiger charge is -2.37. The molecule has 1 unspecified atom stereocenters. The molecule has 1 heterocycles. The topological polar surface area (TPSA) is 64.9 Å². The van der Waals surface area contributed by atoms with Gasteiger partial charge in [0, 0.05) is 19.1 Å². The molecular formula is C14H27N5O. The average molecular weight is 281 g/mol. The third-order valence-corrected chi connectivity index (χ3v) is 3.87. The fourth-order valence-electron chi connectivity index (χ4n) is 2.85. The average Bonchev–Trinajstić information content (AvgIpc) is 2.78. The summed E-state index contributed by atoms with van der Waals surface area (Å²) in [6.45, 7) is 6.14. The molecule has 0 radical (unpaired) electrons. The highest BCUT2D eigenvalue weighted by Crippen LogP contribution is 2.33. The second-order valence-electron chi connectivity index (χ2n) is 5.70. The summed E-state index contributed by atoms with van der Waals surface area (Å²) in [6.07, 6.45) is 6.09. The predicted molar refractivity (Wildman–Crippen MR) is 77.3 cm³/mol. The molecule has 0 amide bonds. The van der Waals surface area contributed by atoms with Gasteiger partial charge in [-0.15, -0.1) is 10.2 Å². The fraction of sp³-hybridized carbons (Fsp3) is 0.929. The second-order valence-corrected chi connectivity index (χ2v) is 5.70. The molecule has 6 nitrogen and oxygen atoms in total. The number of tetrazole rings is 1. The van der Waals surface area contributed by atoms with Crippen molar-refractivity contribution in [2.45, 2.75) is 58.1 Å². The van der Waals surface area contributed by atoms with Crippen LogP contribution in [0.15, 0.2) is 0 Å². The van der Waals surface area contributed by atoms with Crippen molar-refractivity contribution in [1.82, 2.24) is 25.5 Å². The van der Waals surface area contributed by atoms with Gasteiger partial charge in [0.2, 0.25) is 0 Å². The number of aryl methyl sites for hydroxylation is 1. The van der Waals surface area contributed by atoms with Crippen molar-refractivity contribution in [1.29, 1.82) is 0 Å². The largest absolute Gasteiger partial charge is 0.378 e. The van der Waals surface area contributed by atoms with Gasteiger partial charge in [-0.2, -0.15) is 4.80 Å². The maximum atomic E-state index is 5.63. The molecule has 1 fully saturated rings. The van der Waals surface area contributed by atoms with Crippen LogP contribution >= 0.6 is 0 Å². The molecule has 0 spiro atoms. The van der Waals surface area contributed by atoms with Crippen LogP contribution in [0.4, 0.5) is 0 Å². The summed E-state index contributed by atoms with van der Waals surface area (Å²) in [5, 5.41) is 15.9. The molecule has 1 saturated carbocycles. The summed E-state index contributed by atoms with van der Waals surface area (Å²) in [5.74, 6) is 1.61. The lowest BCUT2D eigenvalue weighted by atomic mass is 9.77. The number of nitrogens with one attached hydrogen (secondary N) is 1. The molecule has 1 aromatic heterocycles. The lowest BCUT2D eigenvalue weighted by Crippen LogP contribution is -2.39. The van der Waals surface area contributed by atoms with E-state index in [0.717, 1.165) is 37.7 Å². The minimum absolute atomic E-state index is 0.451. The van der Waals surface area contributed by atoms with Gasteiger partial charge in [-0.1, -0.05) is 6.92 Å². The summed E-state index contributed by atoms with van der Waals surface area (Å²) in [5.41, 5.74) is 0. The van der Waals surface area contributed by atoms with Crippen LogP contribution in [0.1, 0.15) is 45.4 Å². The van der Waals surface area contributed by atoms with Gasteiger partial charge in [-0.3, -0.25) is 0 Å². The standard InChI is InChI=1S/C14H27N5O/c1-4-6-15-12(10-14-16-18-19(3)17-14)7-11-8-13(9-11)20-5-2/h11-13,15H,4-10H2,1-3H3. The van der Waals surface area contributed by atoms with Crippen LogP contribution in [0.5, 0.6) is 0 Å². The van der Waals surface area contributed by atoms with E-state index in [2.05, 4.69) is 34.6 Å². The Kier molecular flexibility index (Phi) is 5.91. The van der Waals surface area contributed by atoms with Crippen LogP contribution in [0.2, 0.25) is 0 Å². The van der Waals surface area contributed by atoms with E-state index in [9.17, 15) is 0 Å². The lowest BCUT2D eigenvalue weighted by molar-refractivity contribution is -0.0290. The Balaban J connectivity index is 1.78. The van der Waals surface area contributed by atoms with Gasteiger partial charge >= 0.3 is 0 Å². The van der Waals surface area contributed by atoms with Crippen LogP contribution in [0, 0.1) is 5.92 Å². The van der Waals surface area contributed by atoms with Gasteiger partial charge in [0.15, 0.2) is 5.82 Å².